The van der Waals surface area contributed by atoms with E-state index in [2.05, 4.69) is 22.1 Å². The van der Waals surface area contributed by atoms with E-state index in [4.69, 9.17) is 34.8 Å². The highest BCUT2D eigenvalue weighted by molar-refractivity contribution is 7.98. The van der Waals surface area contributed by atoms with E-state index < -0.39 is 0 Å². The van der Waals surface area contributed by atoms with Crippen molar-refractivity contribution in [3.63, 3.8) is 0 Å². The van der Waals surface area contributed by atoms with Gasteiger partial charge in [0.25, 0.3) is 5.91 Å². The number of nitrogens with zero attached hydrogens (tertiary/aromatic N) is 3. The number of hydrogen-bond donors (Lipinski definition) is 1. The van der Waals surface area contributed by atoms with Crippen molar-refractivity contribution in [2.75, 3.05) is 0 Å². The predicted octanol–water partition coefficient (Wildman–Crippen LogP) is 6.21. The van der Waals surface area contributed by atoms with Gasteiger partial charge in [0.15, 0.2) is 11.0 Å². The molecule has 5 nitrogen and oxygen atoms in total. The average Bonchev–Trinajstić information content (AvgIpc) is 3.10. The fraction of sp³-hybridized carbons (Fsp3) is 0.190. The molecular weight excluding hydrogens is 463 g/mol. The second-order valence-corrected chi connectivity index (χ2v) is 8.70. The number of hydrogen-bond acceptors (Lipinski definition) is 4. The molecule has 0 saturated carbocycles. The fourth-order valence-electron chi connectivity index (χ4n) is 2.77. The molecule has 1 aromatic heterocycles. The molecule has 0 bridgehead atoms. The highest BCUT2D eigenvalue weighted by atomic mass is 35.5. The third kappa shape index (κ3) is 5.58. The Bertz CT molecular complexity index is 1050. The summed E-state index contributed by atoms with van der Waals surface area (Å²) in [7, 11) is 0. The van der Waals surface area contributed by atoms with Crippen LogP contribution in [0.1, 0.15) is 34.7 Å². The van der Waals surface area contributed by atoms with Crippen LogP contribution >= 0.6 is 46.6 Å². The lowest BCUT2D eigenvalue weighted by molar-refractivity contribution is 0.0937. The van der Waals surface area contributed by atoms with Crippen LogP contribution in [-0.2, 0) is 12.3 Å². The van der Waals surface area contributed by atoms with E-state index in [-0.39, 0.29) is 11.9 Å². The number of benzene rings is 2. The van der Waals surface area contributed by atoms with Crippen molar-refractivity contribution in [1.29, 1.82) is 0 Å². The van der Waals surface area contributed by atoms with E-state index in [1.165, 1.54) is 6.07 Å². The van der Waals surface area contributed by atoms with E-state index in [1.54, 1.807) is 30.0 Å². The van der Waals surface area contributed by atoms with Crippen LogP contribution in [0.5, 0.6) is 0 Å². The molecule has 3 rings (SSSR count). The Hall–Kier alpha value is -1.99. The van der Waals surface area contributed by atoms with Crippen LogP contribution in [0.15, 0.2) is 60.3 Å². The molecular formula is C21H19Cl3N4OS. The molecule has 1 heterocycles. The summed E-state index contributed by atoms with van der Waals surface area (Å²) >= 11 is 19.5. The van der Waals surface area contributed by atoms with Gasteiger partial charge in [0.05, 0.1) is 16.6 Å². The van der Waals surface area contributed by atoms with Gasteiger partial charge in [-0.1, -0.05) is 64.8 Å². The summed E-state index contributed by atoms with van der Waals surface area (Å²) in [5.74, 6) is 1.03. The zero-order valence-corrected chi connectivity index (χ0v) is 19.2. The number of carbonyl (C=O) groups is 1. The first-order valence-corrected chi connectivity index (χ1v) is 11.2. The fourth-order valence-corrected chi connectivity index (χ4v) is 4.30. The number of amides is 1. The summed E-state index contributed by atoms with van der Waals surface area (Å²) in [5, 5.41) is 13.7. The lowest BCUT2D eigenvalue weighted by Gasteiger charge is -2.16. The summed E-state index contributed by atoms with van der Waals surface area (Å²) in [5.41, 5.74) is 1.47. The predicted molar refractivity (Wildman–Crippen MR) is 124 cm³/mol. The van der Waals surface area contributed by atoms with Crippen LogP contribution in [0.25, 0.3) is 0 Å². The van der Waals surface area contributed by atoms with E-state index in [9.17, 15) is 4.79 Å². The lowest BCUT2D eigenvalue weighted by Crippen LogP contribution is -2.29. The van der Waals surface area contributed by atoms with Gasteiger partial charge in [-0.15, -0.1) is 16.8 Å². The molecule has 0 aliphatic heterocycles. The Morgan fingerprint density at radius 2 is 1.87 bits per heavy atom. The summed E-state index contributed by atoms with van der Waals surface area (Å²) in [4.78, 5) is 12.6. The van der Waals surface area contributed by atoms with Crippen molar-refractivity contribution in [2.24, 2.45) is 0 Å². The summed E-state index contributed by atoms with van der Waals surface area (Å²) in [6.45, 7) is 6.18. The lowest BCUT2D eigenvalue weighted by atomic mass is 10.2. The molecule has 1 atom stereocenters. The third-order valence-electron chi connectivity index (χ3n) is 4.25. The van der Waals surface area contributed by atoms with Gasteiger partial charge in [0, 0.05) is 22.3 Å². The third-order valence-corrected chi connectivity index (χ3v) is 6.09. The minimum Gasteiger partial charge on any atom is -0.342 e. The second kappa shape index (κ2) is 10.4. The molecule has 156 valence electrons. The first-order chi connectivity index (χ1) is 14.4. The Kier molecular flexibility index (Phi) is 7.83. The van der Waals surface area contributed by atoms with E-state index >= 15 is 0 Å². The van der Waals surface area contributed by atoms with Crippen LogP contribution in [0.2, 0.25) is 15.1 Å². The van der Waals surface area contributed by atoms with Crippen LogP contribution in [0.4, 0.5) is 0 Å². The van der Waals surface area contributed by atoms with Crippen molar-refractivity contribution in [2.45, 2.75) is 30.4 Å². The molecule has 0 fully saturated rings. The van der Waals surface area contributed by atoms with Crippen molar-refractivity contribution in [1.82, 2.24) is 20.1 Å². The molecule has 0 saturated heterocycles. The van der Waals surface area contributed by atoms with Crippen molar-refractivity contribution in [3.05, 3.63) is 87.1 Å². The minimum atomic E-state index is -0.387. The average molecular weight is 482 g/mol. The Labute approximate surface area is 194 Å². The maximum Gasteiger partial charge on any atom is 0.253 e. The molecule has 1 N–H and O–H groups in total. The van der Waals surface area contributed by atoms with Gasteiger partial charge in [-0.3, -0.25) is 4.79 Å². The van der Waals surface area contributed by atoms with Crippen LogP contribution < -0.4 is 5.32 Å². The highest BCUT2D eigenvalue weighted by Crippen LogP contribution is 2.26. The monoisotopic (exact) mass is 480 g/mol. The Morgan fingerprint density at radius 1 is 1.17 bits per heavy atom. The van der Waals surface area contributed by atoms with Gasteiger partial charge < -0.3 is 9.88 Å². The Balaban J connectivity index is 1.75. The number of halogens is 3. The highest BCUT2D eigenvalue weighted by Gasteiger charge is 2.21. The molecule has 3 aromatic rings. The normalized spacial score (nSPS) is 11.9. The largest absolute Gasteiger partial charge is 0.342 e. The van der Waals surface area contributed by atoms with Crippen molar-refractivity contribution in [3.8, 4) is 0 Å². The maximum atomic E-state index is 12.6. The topological polar surface area (TPSA) is 59.8 Å². The van der Waals surface area contributed by atoms with Gasteiger partial charge in [0.2, 0.25) is 0 Å². The number of aromatic nitrogens is 3. The second-order valence-electron chi connectivity index (χ2n) is 6.47. The smallest absolute Gasteiger partial charge is 0.253 e. The molecule has 9 heteroatoms. The minimum absolute atomic E-state index is 0.291. The number of carbonyl (C=O) groups excluding carboxylic acids is 1. The van der Waals surface area contributed by atoms with Crippen LogP contribution in [0, 0.1) is 0 Å². The Morgan fingerprint density at radius 3 is 2.53 bits per heavy atom. The van der Waals surface area contributed by atoms with Crippen LogP contribution in [0.3, 0.4) is 0 Å². The van der Waals surface area contributed by atoms with Crippen LogP contribution in [-0.4, -0.2) is 20.7 Å². The number of rotatable bonds is 8. The van der Waals surface area contributed by atoms with E-state index in [0.717, 1.165) is 10.7 Å². The van der Waals surface area contributed by atoms with Gasteiger partial charge in [-0.2, -0.15) is 0 Å². The molecule has 2 aromatic carbocycles. The number of thioether (sulfide) groups is 1. The van der Waals surface area contributed by atoms with Gasteiger partial charge in [0.1, 0.15) is 0 Å². The van der Waals surface area contributed by atoms with Gasteiger partial charge in [-0.25, -0.2) is 0 Å². The molecule has 0 unspecified atom stereocenters. The number of allylic oxidation sites excluding steroid dienone is 1. The van der Waals surface area contributed by atoms with Gasteiger partial charge >= 0.3 is 0 Å². The van der Waals surface area contributed by atoms with E-state index in [1.807, 2.05) is 35.8 Å². The summed E-state index contributed by atoms with van der Waals surface area (Å²) in [6.07, 6.45) is 1.77. The molecule has 0 spiro atoms. The SMILES string of the molecule is C=CCn1c(SCc2ccc(Cl)cc2)nnc1[C@@H](C)NC(=O)c1ccc(Cl)cc1Cl. The quantitative estimate of drug-likeness (QED) is 0.307. The van der Waals surface area contributed by atoms with Crippen molar-refractivity contribution >= 4 is 52.5 Å². The zero-order chi connectivity index (χ0) is 21.7. The van der Waals surface area contributed by atoms with Crippen molar-refractivity contribution < 1.29 is 4.79 Å². The van der Waals surface area contributed by atoms with Gasteiger partial charge in [-0.05, 0) is 42.8 Å². The maximum absolute atomic E-state index is 12.6. The first kappa shape index (κ1) is 22.7. The standard InChI is InChI=1S/C21H19Cl3N4OS/c1-3-10-28-19(13(2)25-20(29)17-9-8-16(23)11-18(17)24)26-27-21(28)30-12-14-4-6-15(22)7-5-14/h3-9,11,13H,1,10,12H2,2H3,(H,25,29)/t13-/m1/s1. The first-order valence-electron chi connectivity index (χ1n) is 9.06. The van der Waals surface area contributed by atoms with E-state index in [0.29, 0.717) is 38.8 Å². The molecule has 0 aliphatic carbocycles. The molecule has 0 radical (unpaired) electrons. The number of nitrogens with one attached hydrogen (secondary N) is 1. The summed E-state index contributed by atoms with van der Waals surface area (Å²) < 4.78 is 1.93. The molecule has 1 amide bonds. The summed E-state index contributed by atoms with van der Waals surface area (Å²) in [6, 6.07) is 12.0. The molecule has 30 heavy (non-hydrogen) atoms. The molecule has 0 aliphatic rings. The zero-order valence-electron chi connectivity index (χ0n) is 16.1.